The lowest BCUT2D eigenvalue weighted by molar-refractivity contribution is -0.132. The Morgan fingerprint density at radius 2 is 1.80 bits per heavy atom. The summed E-state index contributed by atoms with van der Waals surface area (Å²) in [5, 5.41) is 6.01. The van der Waals surface area contributed by atoms with Crippen LogP contribution in [0.25, 0.3) is 0 Å². The van der Waals surface area contributed by atoms with Crippen molar-refractivity contribution in [3.05, 3.63) is 0 Å². The molecule has 0 atom stereocenters. The van der Waals surface area contributed by atoms with Crippen LogP contribution in [-0.4, -0.2) is 56.3 Å². The van der Waals surface area contributed by atoms with E-state index >= 15 is 0 Å². The molecule has 2 N–H and O–H groups in total. The molecule has 0 unspecified atom stereocenters. The van der Waals surface area contributed by atoms with Crippen molar-refractivity contribution in [3.63, 3.8) is 0 Å². The number of rotatable bonds is 9. The summed E-state index contributed by atoms with van der Waals surface area (Å²) in [6, 6.07) is 0. The monoisotopic (exact) mass is 296 g/mol. The van der Waals surface area contributed by atoms with Crippen LogP contribution in [-0.2, 0) is 0 Å². The van der Waals surface area contributed by atoms with Gasteiger partial charge in [0.05, 0.1) is 13.0 Å². The van der Waals surface area contributed by atoms with E-state index < -0.39 is 12.6 Å². The first kappa shape index (κ1) is 19.0. The number of hydrogen-bond acceptors (Lipinski definition) is 2. The van der Waals surface area contributed by atoms with Gasteiger partial charge in [-0.1, -0.05) is 13.8 Å². The van der Waals surface area contributed by atoms with Gasteiger partial charge < -0.3 is 15.5 Å². The summed E-state index contributed by atoms with van der Waals surface area (Å²) in [5.74, 6) is 0.448. The minimum Gasteiger partial charge on any atom is -0.357 e. The fourth-order valence-electron chi connectivity index (χ4n) is 1.71. The summed E-state index contributed by atoms with van der Waals surface area (Å²) >= 11 is 0. The number of guanidine groups is 1. The molecule has 0 aliphatic rings. The molecule has 0 spiro atoms. The Hall–Kier alpha value is -0.980. The van der Waals surface area contributed by atoms with Crippen LogP contribution in [0.4, 0.5) is 13.2 Å². The van der Waals surface area contributed by atoms with Gasteiger partial charge in [0.15, 0.2) is 5.96 Å². The first-order valence-electron chi connectivity index (χ1n) is 7.24. The Morgan fingerprint density at radius 3 is 2.30 bits per heavy atom. The molecular weight excluding hydrogens is 269 g/mol. The normalized spacial score (nSPS) is 12.8. The molecule has 0 radical (unpaired) electrons. The van der Waals surface area contributed by atoms with Gasteiger partial charge in [0.25, 0.3) is 0 Å². The van der Waals surface area contributed by atoms with Crippen LogP contribution in [0.2, 0.25) is 0 Å². The van der Waals surface area contributed by atoms with E-state index in [1.54, 1.807) is 0 Å². The maximum absolute atomic E-state index is 12.1. The van der Waals surface area contributed by atoms with E-state index in [1.807, 2.05) is 6.92 Å². The molecule has 0 bridgehead atoms. The molecule has 0 aromatic carbocycles. The van der Waals surface area contributed by atoms with Crippen molar-refractivity contribution < 1.29 is 13.2 Å². The highest BCUT2D eigenvalue weighted by Crippen LogP contribution is 2.18. The van der Waals surface area contributed by atoms with Crippen molar-refractivity contribution in [2.24, 2.45) is 4.99 Å². The largest absolute Gasteiger partial charge is 0.390 e. The van der Waals surface area contributed by atoms with Gasteiger partial charge in [-0.25, -0.2) is 0 Å². The van der Waals surface area contributed by atoms with Crippen LogP contribution < -0.4 is 10.6 Å². The molecule has 0 amide bonds. The molecule has 0 saturated heterocycles. The average molecular weight is 296 g/mol. The molecule has 0 rings (SSSR count). The van der Waals surface area contributed by atoms with Crippen molar-refractivity contribution in [2.75, 3.05) is 39.3 Å². The highest BCUT2D eigenvalue weighted by Gasteiger charge is 2.26. The number of halogens is 3. The van der Waals surface area contributed by atoms with Crippen molar-refractivity contribution in [2.45, 2.75) is 39.8 Å². The second kappa shape index (κ2) is 10.8. The van der Waals surface area contributed by atoms with Crippen LogP contribution >= 0.6 is 0 Å². The summed E-state index contributed by atoms with van der Waals surface area (Å²) in [7, 11) is 0. The first-order valence-corrected chi connectivity index (χ1v) is 7.24. The second-order valence-corrected chi connectivity index (χ2v) is 4.49. The predicted octanol–water partition coefficient (Wildman–Crippen LogP) is 2.23. The summed E-state index contributed by atoms with van der Waals surface area (Å²) < 4.78 is 36.2. The highest BCUT2D eigenvalue weighted by molar-refractivity contribution is 5.79. The van der Waals surface area contributed by atoms with Crippen molar-refractivity contribution in [1.29, 1.82) is 0 Å². The highest BCUT2D eigenvalue weighted by atomic mass is 19.4. The standard InChI is InChI=1S/C13H27F3N4/c1-4-10-20(6-3)11-9-19-12(17-5-2)18-8-7-13(14,15)16/h4-11H2,1-3H3,(H2,17,18,19). The molecule has 20 heavy (non-hydrogen) atoms. The molecule has 0 aromatic heterocycles. The van der Waals surface area contributed by atoms with E-state index in [-0.39, 0.29) is 6.54 Å². The number of nitrogens with zero attached hydrogens (tertiary/aromatic N) is 2. The molecule has 0 fully saturated rings. The third-order valence-corrected chi connectivity index (χ3v) is 2.72. The van der Waals surface area contributed by atoms with E-state index in [0.717, 1.165) is 26.1 Å². The number of aliphatic imine (C=N–C) groups is 1. The molecule has 0 saturated carbocycles. The van der Waals surface area contributed by atoms with E-state index in [9.17, 15) is 13.2 Å². The zero-order chi connectivity index (χ0) is 15.4. The topological polar surface area (TPSA) is 39.7 Å². The van der Waals surface area contributed by atoms with Gasteiger partial charge in [0.1, 0.15) is 0 Å². The van der Waals surface area contributed by atoms with Gasteiger partial charge in [-0.3, -0.25) is 4.99 Å². The van der Waals surface area contributed by atoms with E-state index in [4.69, 9.17) is 0 Å². The van der Waals surface area contributed by atoms with Crippen molar-refractivity contribution in [1.82, 2.24) is 15.5 Å². The summed E-state index contributed by atoms with van der Waals surface area (Å²) in [6.07, 6.45) is -3.95. The molecule has 0 aromatic rings. The van der Waals surface area contributed by atoms with Gasteiger partial charge in [0.2, 0.25) is 0 Å². The molecule has 7 heteroatoms. The lowest BCUT2D eigenvalue weighted by Crippen LogP contribution is -2.42. The van der Waals surface area contributed by atoms with Crippen molar-refractivity contribution >= 4 is 5.96 Å². The zero-order valence-corrected chi connectivity index (χ0v) is 12.7. The Balaban J connectivity index is 4.09. The smallest absolute Gasteiger partial charge is 0.357 e. The maximum atomic E-state index is 12.1. The zero-order valence-electron chi connectivity index (χ0n) is 12.7. The summed E-state index contributed by atoms with van der Waals surface area (Å²) in [6.45, 7) is 10.0. The van der Waals surface area contributed by atoms with Gasteiger partial charge >= 0.3 is 6.18 Å². The van der Waals surface area contributed by atoms with Gasteiger partial charge in [-0.15, -0.1) is 0 Å². The average Bonchev–Trinajstić information content (AvgIpc) is 2.36. The van der Waals surface area contributed by atoms with Gasteiger partial charge in [-0.2, -0.15) is 13.2 Å². The molecule has 120 valence electrons. The van der Waals surface area contributed by atoms with E-state index in [2.05, 4.69) is 34.4 Å². The number of alkyl halides is 3. The first-order chi connectivity index (χ1) is 9.42. The third-order valence-electron chi connectivity index (χ3n) is 2.72. The number of hydrogen-bond donors (Lipinski definition) is 2. The van der Waals surface area contributed by atoms with Gasteiger partial charge in [-0.05, 0) is 26.4 Å². The minimum absolute atomic E-state index is 0.245. The molecule has 4 nitrogen and oxygen atoms in total. The van der Waals surface area contributed by atoms with Crippen LogP contribution in [0.1, 0.15) is 33.6 Å². The molecule has 0 heterocycles. The minimum atomic E-state index is -4.15. The second-order valence-electron chi connectivity index (χ2n) is 4.49. The lowest BCUT2D eigenvalue weighted by atomic mass is 10.4. The molecular formula is C13H27F3N4. The quantitative estimate of drug-likeness (QED) is 0.506. The van der Waals surface area contributed by atoms with E-state index in [1.165, 1.54) is 0 Å². The lowest BCUT2D eigenvalue weighted by Gasteiger charge is -2.20. The van der Waals surface area contributed by atoms with Crippen LogP contribution in [0.3, 0.4) is 0 Å². The van der Waals surface area contributed by atoms with E-state index in [0.29, 0.717) is 19.0 Å². The van der Waals surface area contributed by atoms with Gasteiger partial charge in [0, 0.05) is 19.6 Å². The van der Waals surface area contributed by atoms with Crippen LogP contribution in [0, 0.1) is 0 Å². The molecule has 0 aliphatic carbocycles. The predicted molar refractivity (Wildman–Crippen MR) is 77.1 cm³/mol. The fraction of sp³-hybridized carbons (Fsp3) is 0.923. The van der Waals surface area contributed by atoms with Crippen molar-refractivity contribution in [3.8, 4) is 0 Å². The third kappa shape index (κ3) is 10.9. The summed E-state index contributed by atoms with van der Waals surface area (Å²) in [5.41, 5.74) is 0. The molecule has 0 aliphatic heterocycles. The number of nitrogens with one attached hydrogen (secondary N) is 2. The SMILES string of the molecule is CCCN(CC)CCNC(=NCCC(F)(F)F)NCC. The summed E-state index contributed by atoms with van der Waals surface area (Å²) in [4.78, 5) is 6.21. The Morgan fingerprint density at radius 1 is 1.10 bits per heavy atom. The Labute approximate surface area is 119 Å². The fourth-order valence-corrected chi connectivity index (χ4v) is 1.71. The number of likely N-dealkylation sites (N-methyl/N-ethyl adjacent to an activating group) is 1. The van der Waals surface area contributed by atoms with Crippen LogP contribution in [0.15, 0.2) is 4.99 Å². The Bertz CT molecular complexity index is 267. The maximum Gasteiger partial charge on any atom is 0.390 e. The Kier molecular flexibility index (Phi) is 10.2. The van der Waals surface area contributed by atoms with Crippen LogP contribution in [0.5, 0.6) is 0 Å².